The fourth-order valence-electron chi connectivity index (χ4n) is 3.04. The first kappa shape index (κ1) is 21.7. The second kappa shape index (κ2) is 8.93. The van der Waals surface area contributed by atoms with E-state index in [0.29, 0.717) is 48.8 Å². The molecular weight excluding hydrogens is 479 g/mol. The molecule has 9 heteroatoms. The van der Waals surface area contributed by atoms with Gasteiger partial charge in [-0.05, 0) is 61.1 Å². The minimum Gasteiger partial charge on any atom is -0.483 e. The SMILES string of the molecule is Cc1cccc(N2C(=O)/C(=C\c3ccc(COc4c(Cl)cc(Cl)cc4Cl)o3)NC2=S)c1. The zero-order valence-electron chi connectivity index (χ0n) is 16.1. The largest absolute Gasteiger partial charge is 0.483 e. The number of carbonyl (C=O) groups is 1. The lowest BCUT2D eigenvalue weighted by molar-refractivity contribution is -0.113. The van der Waals surface area contributed by atoms with E-state index in [1.165, 1.54) is 4.90 Å². The van der Waals surface area contributed by atoms with E-state index in [4.69, 9.17) is 56.2 Å². The van der Waals surface area contributed by atoms with Gasteiger partial charge in [0.25, 0.3) is 5.91 Å². The van der Waals surface area contributed by atoms with Crippen molar-refractivity contribution in [1.82, 2.24) is 5.32 Å². The van der Waals surface area contributed by atoms with Gasteiger partial charge in [-0.3, -0.25) is 9.69 Å². The number of halogens is 3. The summed E-state index contributed by atoms with van der Waals surface area (Å²) < 4.78 is 11.4. The zero-order valence-corrected chi connectivity index (χ0v) is 19.2. The molecule has 2 aromatic carbocycles. The van der Waals surface area contributed by atoms with Crippen molar-refractivity contribution >= 4 is 69.8 Å². The number of ether oxygens (including phenoxy) is 1. The van der Waals surface area contributed by atoms with Crippen LogP contribution in [0.1, 0.15) is 17.1 Å². The number of rotatable bonds is 5. The standard InChI is InChI=1S/C22H15Cl3N2O3S/c1-12-3-2-4-14(7-12)27-21(28)19(26-22(27)31)10-15-5-6-16(30-15)11-29-20-17(24)8-13(23)9-18(20)25/h2-10H,11H2,1H3,(H,26,31)/b19-10+. The van der Waals surface area contributed by atoms with Gasteiger partial charge in [-0.25, -0.2) is 0 Å². The van der Waals surface area contributed by atoms with Crippen LogP contribution in [0.2, 0.25) is 15.1 Å². The summed E-state index contributed by atoms with van der Waals surface area (Å²) in [4.78, 5) is 14.3. The highest BCUT2D eigenvalue weighted by Crippen LogP contribution is 2.36. The van der Waals surface area contributed by atoms with Crippen molar-refractivity contribution in [3.05, 3.63) is 86.4 Å². The van der Waals surface area contributed by atoms with E-state index in [9.17, 15) is 4.79 Å². The highest BCUT2D eigenvalue weighted by Gasteiger charge is 2.32. The summed E-state index contributed by atoms with van der Waals surface area (Å²) in [6, 6.07) is 14.1. The first-order valence-corrected chi connectivity index (χ1v) is 10.7. The Kier molecular flexibility index (Phi) is 6.25. The Morgan fingerprint density at radius 3 is 2.58 bits per heavy atom. The molecule has 1 amide bonds. The van der Waals surface area contributed by atoms with Crippen LogP contribution in [0.25, 0.3) is 6.08 Å². The maximum absolute atomic E-state index is 12.9. The molecule has 0 unspecified atom stereocenters. The summed E-state index contributed by atoms with van der Waals surface area (Å²) in [6.45, 7) is 2.05. The summed E-state index contributed by atoms with van der Waals surface area (Å²) in [5.41, 5.74) is 2.05. The smallest absolute Gasteiger partial charge is 0.281 e. The number of hydrogen-bond acceptors (Lipinski definition) is 4. The van der Waals surface area contributed by atoms with E-state index < -0.39 is 0 Å². The predicted octanol–water partition coefficient (Wildman–Crippen LogP) is 6.39. The van der Waals surface area contributed by atoms with Gasteiger partial charge < -0.3 is 14.5 Å². The van der Waals surface area contributed by atoms with Gasteiger partial charge in [0.05, 0.1) is 15.7 Å². The van der Waals surface area contributed by atoms with Crippen LogP contribution in [0.4, 0.5) is 5.69 Å². The van der Waals surface area contributed by atoms with E-state index in [-0.39, 0.29) is 12.5 Å². The molecule has 0 spiro atoms. The maximum Gasteiger partial charge on any atom is 0.281 e. The van der Waals surface area contributed by atoms with Crippen LogP contribution in [-0.2, 0) is 11.4 Å². The summed E-state index contributed by atoms with van der Waals surface area (Å²) in [6.07, 6.45) is 1.59. The minimum atomic E-state index is -0.260. The van der Waals surface area contributed by atoms with Gasteiger partial charge in [0.1, 0.15) is 23.8 Å². The van der Waals surface area contributed by atoms with Crippen molar-refractivity contribution < 1.29 is 13.9 Å². The van der Waals surface area contributed by atoms with Gasteiger partial charge in [0.2, 0.25) is 0 Å². The molecule has 0 radical (unpaired) electrons. The van der Waals surface area contributed by atoms with Gasteiger partial charge in [-0.15, -0.1) is 0 Å². The second-order valence-corrected chi connectivity index (χ2v) is 8.40. The molecule has 1 saturated heterocycles. The number of carbonyl (C=O) groups excluding carboxylic acids is 1. The van der Waals surface area contributed by atoms with E-state index in [0.717, 1.165) is 5.56 Å². The third-order valence-electron chi connectivity index (χ3n) is 4.43. The molecule has 0 atom stereocenters. The second-order valence-electron chi connectivity index (χ2n) is 6.76. The van der Waals surface area contributed by atoms with Crippen molar-refractivity contribution in [2.75, 3.05) is 4.90 Å². The molecule has 31 heavy (non-hydrogen) atoms. The molecule has 0 saturated carbocycles. The van der Waals surface area contributed by atoms with Crippen LogP contribution in [0.5, 0.6) is 5.75 Å². The third-order valence-corrected chi connectivity index (χ3v) is 5.49. The highest BCUT2D eigenvalue weighted by molar-refractivity contribution is 7.80. The number of hydrogen-bond donors (Lipinski definition) is 1. The molecule has 1 aromatic heterocycles. The molecule has 1 aliphatic rings. The normalized spacial score (nSPS) is 15.0. The molecule has 1 fully saturated rings. The molecule has 0 aliphatic carbocycles. The molecule has 5 nitrogen and oxygen atoms in total. The number of anilines is 1. The molecule has 4 rings (SSSR count). The molecule has 3 aromatic rings. The lowest BCUT2D eigenvalue weighted by Crippen LogP contribution is -2.30. The number of thiocarbonyl (C=S) groups is 1. The molecule has 2 heterocycles. The average molecular weight is 494 g/mol. The van der Waals surface area contributed by atoms with Gasteiger partial charge in [0, 0.05) is 11.1 Å². The van der Waals surface area contributed by atoms with E-state index >= 15 is 0 Å². The molecule has 158 valence electrons. The Balaban J connectivity index is 1.48. The lowest BCUT2D eigenvalue weighted by Gasteiger charge is -2.14. The zero-order chi connectivity index (χ0) is 22.1. The van der Waals surface area contributed by atoms with Crippen LogP contribution in [0.15, 0.2) is 58.6 Å². The number of nitrogens with one attached hydrogen (secondary N) is 1. The molecular formula is C22H15Cl3N2O3S. The van der Waals surface area contributed by atoms with Crippen LogP contribution in [0, 0.1) is 6.92 Å². The highest BCUT2D eigenvalue weighted by atomic mass is 35.5. The summed E-state index contributed by atoms with van der Waals surface area (Å²) >= 11 is 23.5. The number of amides is 1. The van der Waals surface area contributed by atoms with Crippen molar-refractivity contribution in [3.63, 3.8) is 0 Å². The van der Waals surface area contributed by atoms with Crippen molar-refractivity contribution in [1.29, 1.82) is 0 Å². The van der Waals surface area contributed by atoms with Crippen molar-refractivity contribution in [2.45, 2.75) is 13.5 Å². The van der Waals surface area contributed by atoms with Crippen LogP contribution < -0.4 is 15.0 Å². The first-order valence-electron chi connectivity index (χ1n) is 9.11. The van der Waals surface area contributed by atoms with Gasteiger partial charge >= 0.3 is 0 Å². The quantitative estimate of drug-likeness (QED) is 0.330. The van der Waals surface area contributed by atoms with Gasteiger partial charge in [-0.2, -0.15) is 0 Å². The fraction of sp³-hybridized carbons (Fsp3) is 0.0909. The van der Waals surface area contributed by atoms with E-state index in [1.54, 1.807) is 30.3 Å². The van der Waals surface area contributed by atoms with Crippen LogP contribution >= 0.6 is 47.0 Å². The molecule has 1 N–H and O–H groups in total. The predicted molar refractivity (Wildman–Crippen MR) is 127 cm³/mol. The van der Waals surface area contributed by atoms with Crippen LogP contribution in [0.3, 0.4) is 0 Å². The van der Waals surface area contributed by atoms with Crippen molar-refractivity contribution in [3.8, 4) is 5.75 Å². The van der Waals surface area contributed by atoms with Crippen LogP contribution in [-0.4, -0.2) is 11.0 Å². The van der Waals surface area contributed by atoms with Gasteiger partial charge in [0.15, 0.2) is 10.9 Å². The number of aryl methyl sites for hydroxylation is 1. The summed E-state index contributed by atoms with van der Waals surface area (Å²) in [5.74, 6) is 1.05. The molecule has 0 bridgehead atoms. The fourth-order valence-corrected chi connectivity index (χ4v) is 4.26. The summed E-state index contributed by atoms with van der Waals surface area (Å²) in [5, 5.41) is 4.27. The monoisotopic (exact) mass is 492 g/mol. The van der Waals surface area contributed by atoms with Gasteiger partial charge in [-0.1, -0.05) is 46.9 Å². The Hall–Kier alpha value is -2.51. The number of nitrogens with zero attached hydrogens (tertiary/aromatic N) is 1. The average Bonchev–Trinajstić information content (AvgIpc) is 3.25. The maximum atomic E-state index is 12.9. The Labute approximate surface area is 199 Å². The number of benzene rings is 2. The number of furan rings is 1. The first-order chi connectivity index (χ1) is 14.8. The Morgan fingerprint density at radius 2 is 1.87 bits per heavy atom. The lowest BCUT2D eigenvalue weighted by atomic mass is 10.2. The van der Waals surface area contributed by atoms with E-state index in [2.05, 4.69) is 5.32 Å². The minimum absolute atomic E-state index is 0.0967. The third kappa shape index (κ3) is 4.72. The summed E-state index contributed by atoms with van der Waals surface area (Å²) in [7, 11) is 0. The Morgan fingerprint density at radius 1 is 1.13 bits per heavy atom. The Bertz CT molecular complexity index is 1200. The van der Waals surface area contributed by atoms with E-state index in [1.807, 2.05) is 31.2 Å². The molecule has 1 aliphatic heterocycles. The topological polar surface area (TPSA) is 54.7 Å². The van der Waals surface area contributed by atoms with Crippen molar-refractivity contribution in [2.24, 2.45) is 0 Å².